The Morgan fingerprint density at radius 1 is 1.11 bits per heavy atom. The highest BCUT2D eigenvalue weighted by Gasteiger charge is 2.63. The number of carbonyl (C=O) groups is 2. The SMILES string of the molecule is CCCC(CNC)NC(=O)C12CC1c1cc(OC)ccc1-c1c(C3CCCCC3)c3ccc(C(=O)NS(=O)(=O)N(C)CC)cc3n1C2. The summed E-state index contributed by atoms with van der Waals surface area (Å²) in [6.07, 6.45) is 8.28. The standard InChI is InChI=1S/C36H49N5O5S/c1-6-11-25(21-37-3)38-35(43)36-20-30(36)29-19-26(46-5)15-17-27(29)33-32(23-12-9-8-10-13-23)28-16-14-24(18-31(28)41(33)22-36)34(42)39-47(44,45)40(4)7-2/h14-19,23,25,30,37H,6-13,20-22H2,1-5H3,(H,38,43)(H,39,42). The number of fused-ring (bicyclic) bond motifs is 7. The highest BCUT2D eigenvalue weighted by atomic mass is 32.2. The second-order valence-electron chi connectivity index (χ2n) is 13.6. The molecule has 47 heavy (non-hydrogen) atoms. The van der Waals surface area contributed by atoms with Gasteiger partial charge >= 0.3 is 10.2 Å². The van der Waals surface area contributed by atoms with Crippen LogP contribution in [0.4, 0.5) is 0 Å². The summed E-state index contributed by atoms with van der Waals surface area (Å²) in [5, 5.41) is 7.69. The summed E-state index contributed by atoms with van der Waals surface area (Å²) in [4.78, 5) is 27.8. The number of rotatable bonds is 12. The number of carbonyl (C=O) groups excluding carboxylic acids is 2. The van der Waals surface area contributed by atoms with Gasteiger partial charge < -0.3 is 19.9 Å². The van der Waals surface area contributed by atoms with E-state index in [1.807, 2.05) is 25.2 Å². The smallest absolute Gasteiger partial charge is 0.303 e. The lowest BCUT2D eigenvalue weighted by Gasteiger charge is -2.24. The topological polar surface area (TPSA) is 122 Å². The van der Waals surface area contributed by atoms with Crippen LogP contribution in [-0.2, 0) is 21.5 Å². The summed E-state index contributed by atoms with van der Waals surface area (Å²) in [6, 6.07) is 11.8. The summed E-state index contributed by atoms with van der Waals surface area (Å²) >= 11 is 0. The Bertz CT molecular complexity index is 1770. The van der Waals surface area contributed by atoms with Gasteiger partial charge in [-0.25, -0.2) is 4.72 Å². The molecule has 6 rings (SSSR count). The molecule has 3 atom stereocenters. The molecule has 0 radical (unpaired) electrons. The molecule has 2 saturated carbocycles. The number of benzene rings is 2. The third kappa shape index (κ3) is 6.06. The Balaban J connectivity index is 1.54. The fourth-order valence-electron chi connectivity index (χ4n) is 8.01. The average Bonchev–Trinajstić information content (AvgIpc) is 3.74. The normalized spacial score (nSPS) is 21.4. The van der Waals surface area contributed by atoms with Gasteiger partial charge in [-0.05, 0) is 80.1 Å². The molecule has 0 saturated heterocycles. The molecule has 0 bridgehead atoms. The number of nitrogens with one attached hydrogen (secondary N) is 3. The number of amides is 2. The minimum absolute atomic E-state index is 0.0262. The fraction of sp³-hybridized carbons (Fsp3) is 0.556. The Morgan fingerprint density at radius 3 is 2.55 bits per heavy atom. The van der Waals surface area contributed by atoms with Gasteiger partial charge in [0.1, 0.15) is 5.75 Å². The van der Waals surface area contributed by atoms with E-state index in [2.05, 4.69) is 39.0 Å². The molecule has 3 aromatic rings. The highest BCUT2D eigenvalue weighted by molar-refractivity contribution is 7.87. The van der Waals surface area contributed by atoms with Crippen molar-refractivity contribution in [3.8, 4) is 17.0 Å². The fourth-order valence-corrected chi connectivity index (χ4v) is 8.86. The average molecular weight is 664 g/mol. The van der Waals surface area contributed by atoms with Crippen LogP contribution in [0.1, 0.15) is 98.5 Å². The zero-order valence-corrected chi connectivity index (χ0v) is 29.1. The monoisotopic (exact) mass is 663 g/mol. The lowest BCUT2D eigenvalue weighted by molar-refractivity contribution is -0.127. The summed E-state index contributed by atoms with van der Waals surface area (Å²) in [7, 11) is 1.04. The van der Waals surface area contributed by atoms with E-state index in [1.54, 1.807) is 20.1 Å². The molecule has 254 valence electrons. The predicted octanol–water partition coefficient (Wildman–Crippen LogP) is 5.28. The molecule has 3 unspecified atom stereocenters. The van der Waals surface area contributed by atoms with Gasteiger partial charge in [0.15, 0.2) is 0 Å². The first-order chi connectivity index (χ1) is 22.6. The highest BCUT2D eigenvalue weighted by Crippen LogP contribution is 2.65. The van der Waals surface area contributed by atoms with Crippen molar-refractivity contribution >= 4 is 32.9 Å². The van der Waals surface area contributed by atoms with E-state index >= 15 is 0 Å². The first-order valence-corrected chi connectivity index (χ1v) is 18.6. The second kappa shape index (κ2) is 13.2. The largest absolute Gasteiger partial charge is 0.497 e. The van der Waals surface area contributed by atoms with Crippen LogP contribution >= 0.6 is 0 Å². The molecular weight excluding hydrogens is 614 g/mol. The van der Waals surface area contributed by atoms with Crippen molar-refractivity contribution in [1.82, 2.24) is 24.2 Å². The van der Waals surface area contributed by atoms with Crippen LogP contribution in [0.15, 0.2) is 36.4 Å². The zero-order valence-electron chi connectivity index (χ0n) is 28.3. The maximum Gasteiger partial charge on any atom is 0.303 e. The van der Waals surface area contributed by atoms with Crippen molar-refractivity contribution in [2.75, 3.05) is 34.3 Å². The van der Waals surface area contributed by atoms with Crippen LogP contribution in [0.5, 0.6) is 5.75 Å². The second-order valence-corrected chi connectivity index (χ2v) is 15.4. The van der Waals surface area contributed by atoms with Crippen LogP contribution < -0.4 is 20.1 Å². The van der Waals surface area contributed by atoms with Crippen molar-refractivity contribution in [1.29, 1.82) is 0 Å². The lowest BCUT2D eigenvalue weighted by atomic mass is 9.81. The molecule has 11 heteroatoms. The minimum Gasteiger partial charge on any atom is -0.497 e. The van der Waals surface area contributed by atoms with Gasteiger partial charge in [0.05, 0.1) is 18.2 Å². The van der Waals surface area contributed by atoms with Crippen molar-refractivity contribution in [2.24, 2.45) is 5.41 Å². The maximum absolute atomic E-state index is 14.4. The number of hydrogen-bond donors (Lipinski definition) is 3. The molecule has 2 amide bonds. The van der Waals surface area contributed by atoms with Crippen LogP contribution in [0, 0.1) is 5.41 Å². The Kier molecular flexibility index (Phi) is 9.43. The van der Waals surface area contributed by atoms with Crippen LogP contribution in [-0.4, -0.2) is 69.4 Å². The number of aromatic nitrogens is 1. The van der Waals surface area contributed by atoms with Crippen molar-refractivity contribution < 1.29 is 22.7 Å². The van der Waals surface area contributed by atoms with Gasteiger partial charge in [-0.3, -0.25) is 9.59 Å². The Hall–Kier alpha value is -3.41. The third-order valence-corrected chi connectivity index (χ3v) is 12.3. The molecule has 1 aromatic heterocycles. The molecule has 10 nitrogen and oxygen atoms in total. The molecule has 2 fully saturated rings. The van der Waals surface area contributed by atoms with E-state index in [1.165, 1.54) is 19.0 Å². The van der Waals surface area contributed by atoms with Gasteiger partial charge in [-0.2, -0.15) is 12.7 Å². The van der Waals surface area contributed by atoms with E-state index < -0.39 is 21.5 Å². The van der Waals surface area contributed by atoms with Gasteiger partial charge in [-0.15, -0.1) is 0 Å². The van der Waals surface area contributed by atoms with Gasteiger partial charge in [-0.1, -0.05) is 45.6 Å². The molecule has 0 spiro atoms. The molecule has 3 N–H and O–H groups in total. The maximum atomic E-state index is 14.4. The number of hydrogen-bond acceptors (Lipinski definition) is 6. The Labute approximate surface area is 278 Å². The van der Waals surface area contributed by atoms with E-state index in [9.17, 15) is 18.0 Å². The van der Waals surface area contributed by atoms with Gasteiger partial charge in [0.2, 0.25) is 5.91 Å². The summed E-state index contributed by atoms with van der Waals surface area (Å²) in [6.45, 7) is 5.25. The molecule has 1 aliphatic heterocycles. The van der Waals surface area contributed by atoms with Crippen LogP contribution in [0.3, 0.4) is 0 Å². The van der Waals surface area contributed by atoms with E-state index in [0.717, 1.165) is 82.7 Å². The lowest BCUT2D eigenvalue weighted by Crippen LogP contribution is -2.45. The first kappa shape index (κ1) is 33.5. The number of likely N-dealkylation sites (N-methyl/N-ethyl adjacent to an activating group) is 1. The van der Waals surface area contributed by atoms with Crippen molar-refractivity contribution in [2.45, 2.75) is 89.6 Å². The van der Waals surface area contributed by atoms with E-state index in [4.69, 9.17) is 4.74 Å². The van der Waals surface area contributed by atoms with Crippen LogP contribution in [0.2, 0.25) is 0 Å². The molecular formula is C36H49N5O5S. The molecule has 2 aromatic carbocycles. The summed E-state index contributed by atoms with van der Waals surface area (Å²) in [5.41, 5.74) is 5.09. The number of nitrogens with zero attached hydrogens (tertiary/aromatic N) is 2. The number of ether oxygens (including phenoxy) is 1. The molecule has 3 aliphatic rings. The van der Waals surface area contributed by atoms with Gasteiger partial charge in [0, 0.05) is 60.7 Å². The quantitative estimate of drug-likeness (QED) is 0.243. The van der Waals surface area contributed by atoms with Gasteiger partial charge in [0.25, 0.3) is 5.91 Å². The van der Waals surface area contributed by atoms with Crippen molar-refractivity contribution in [3.05, 3.63) is 53.1 Å². The zero-order chi connectivity index (χ0) is 33.5. The minimum atomic E-state index is -3.98. The van der Waals surface area contributed by atoms with Crippen LogP contribution in [0.25, 0.3) is 22.2 Å². The molecule has 2 heterocycles. The predicted molar refractivity (Wildman–Crippen MR) is 185 cm³/mol. The summed E-state index contributed by atoms with van der Waals surface area (Å²) in [5.74, 6) is 0.526. The van der Waals surface area contributed by atoms with E-state index in [0.29, 0.717) is 19.0 Å². The first-order valence-electron chi connectivity index (χ1n) is 17.2. The van der Waals surface area contributed by atoms with E-state index in [-0.39, 0.29) is 30.0 Å². The number of methoxy groups -OCH3 is 1. The summed E-state index contributed by atoms with van der Waals surface area (Å²) < 4.78 is 36.8. The third-order valence-electron chi connectivity index (χ3n) is 10.7. The Morgan fingerprint density at radius 2 is 1.87 bits per heavy atom. The van der Waals surface area contributed by atoms with Crippen molar-refractivity contribution in [3.63, 3.8) is 0 Å². The molecule has 2 aliphatic carbocycles.